The Morgan fingerprint density at radius 2 is 1.56 bits per heavy atom. The van der Waals surface area contributed by atoms with E-state index < -0.39 is 0 Å². The van der Waals surface area contributed by atoms with Crippen LogP contribution in [0.5, 0.6) is 0 Å². The summed E-state index contributed by atoms with van der Waals surface area (Å²) in [5.74, 6) is 0.856. The minimum Gasteiger partial charge on any atom is -0.0952 e. The molecule has 0 spiro atoms. The van der Waals surface area contributed by atoms with Gasteiger partial charge in [0.05, 0.1) is 0 Å². The summed E-state index contributed by atoms with van der Waals surface area (Å²) in [4.78, 5) is 0. The molecule has 0 heterocycles. The largest absolute Gasteiger partial charge is 0.0952 e. The van der Waals surface area contributed by atoms with E-state index in [0.717, 1.165) is 12.3 Å². The molecule has 1 rings (SSSR count). The zero-order chi connectivity index (χ0) is 13.7. The maximum absolute atomic E-state index is 4.28. The summed E-state index contributed by atoms with van der Waals surface area (Å²) in [6.07, 6.45) is 4.98. The SMILES string of the molecule is C=C(CCC(CC)CC)c1cc(C)c(C)c(C)c1. The predicted octanol–water partition coefficient (Wildman–Crippen LogP) is 5.84. The maximum Gasteiger partial charge on any atom is -0.0225 e. The van der Waals surface area contributed by atoms with Crippen LogP contribution in [-0.4, -0.2) is 0 Å². The molecule has 0 fully saturated rings. The topological polar surface area (TPSA) is 0 Å². The molecule has 0 bridgehead atoms. The molecule has 0 unspecified atom stereocenters. The first-order chi connectivity index (χ1) is 8.49. The van der Waals surface area contributed by atoms with Crippen molar-refractivity contribution < 1.29 is 0 Å². The van der Waals surface area contributed by atoms with Crippen molar-refractivity contribution in [3.63, 3.8) is 0 Å². The summed E-state index contributed by atoms with van der Waals surface area (Å²) >= 11 is 0. The lowest BCUT2D eigenvalue weighted by Crippen LogP contribution is -1.98. The van der Waals surface area contributed by atoms with Crippen molar-refractivity contribution in [3.05, 3.63) is 41.0 Å². The normalized spacial score (nSPS) is 11.0. The van der Waals surface area contributed by atoms with Gasteiger partial charge in [-0.15, -0.1) is 0 Å². The molecule has 0 radical (unpaired) electrons. The van der Waals surface area contributed by atoms with Gasteiger partial charge in [0.15, 0.2) is 0 Å². The first-order valence-corrected chi connectivity index (χ1v) is 7.25. The fourth-order valence-corrected chi connectivity index (χ4v) is 2.46. The maximum atomic E-state index is 4.28. The van der Waals surface area contributed by atoms with Crippen LogP contribution in [0.25, 0.3) is 5.57 Å². The molecule has 0 N–H and O–H groups in total. The second-order valence-corrected chi connectivity index (χ2v) is 5.56. The lowest BCUT2D eigenvalue weighted by atomic mass is 9.91. The Bertz CT molecular complexity index is 385. The van der Waals surface area contributed by atoms with E-state index in [0.29, 0.717) is 0 Å². The van der Waals surface area contributed by atoms with Crippen molar-refractivity contribution in [2.75, 3.05) is 0 Å². The summed E-state index contributed by atoms with van der Waals surface area (Å²) in [5.41, 5.74) is 6.81. The molecule has 1 aromatic rings. The van der Waals surface area contributed by atoms with Crippen molar-refractivity contribution >= 4 is 5.57 Å². The first kappa shape index (κ1) is 15.0. The van der Waals surface area contributed by atoms with Gasteiger partial charge < -0.3 is 0 Å². The fourth-order valence-electron chi connectivity index (χ4n) is 2.46. The first-order valence-electron chi connectivity index (χ1n) is 7.25. The number of hydrogen-bond acceptors (Lipinski definition) is 0. The van der Waals surface area contributed by atoms with Crippen LogP contribution in [0.4, 0.5) is 0 Å². The summed E-state index contributed by atoms with van der Waals surface area (Å²) in [5, 5.41) is 0. The van der Waals surface area contributed by atoms with Crippen LogP contribution in [0.1, 0.15) is 61.8 Å². The third kappa shape index (κ3) is 3.73. The van der Waals surface area contributed by atoms with E-state index in [1.165, 1.54) is 47.1 Å². The molecule has 0 aromatic heterocycles. The van der Waals surface area contributed by atoms with Gasteiger partial charge in [-0.2, -0.15) is 0 Å². The monoisotopic (exact) mass is 244 g/mol. The van der Waals surface area contributed by atoms with E-state index >= 15 is 0 Å². The molecular formula is C18H28. The zero-order valence-electron chi connectivity index (χ0n) is 12.8. The molecule has 0 heteroatoms. The van der Waals surface area contributed by atoms with Crippen molar-refractivity contribution in [2.24, 2.45) is 5.92 Å². The highest BCUT2D eigenvalue weighted by atomic mass is 14.1. The van der Waals surface area contributed by atoms with Crippen LogP contribution >= 0.6 is 0 Å². The standard InChI is InChI=1S/C18H28/c1-7-17(8-2)10-9-13(3)18-11-14(4)16(6)15(5)12-18/h11-12,17H,3,7-10H2,1-2,4-6H3. The molecule has 0 nitrogen and oxygen atoms in total. The quantitative estimate of drug-likeness (QED) is 0.589. The molecule has 100 valence electrons. The number of allylic oxidation sites excluding steroid dienone is 1. The highest BCUT2D eigenvalue weighted by Gasteiger charge is 2.07. The summed E-state index contributed by atoms with van der Waals surface area (Å²) in [7, 11) is 0. The predicted molar refractivity (Wildman–Crippen MR) is 83.0 cm³/mol. The molecule has 0 atom stereocenters. The van der Waals surface area contributed by atoms with Gasteiger partial charge >= 0.3 is 0 Å². The van der Waals surface area contributed by atoms with E-state index in [2.05, 4.69) is 53.3 Å². The zero-order valence-corrected chi connectivity index (χ0v) is 12.8. The highest BCUT2D eigenvalue weighted by Crippen LogP contribution is 2.26. The van der Waals surface area contributed by atoms with Gasteiger partial charge in [-0.25, -0.2) is 0 Å². The average molecular weight is 244 g/mol. The number of hydrogen-bond donors (Lipinski definition) is 0. The van der Waals surface area contributed by atoms with Crippen LogP contribution < -0.4 is 0 Å². The van der Waals surface area contributed by atoms with Gasteiger partial charge in [-0.05, 0) is 67.4 Å². The van der Waals surface area contributed by atoms with Gasteiger partial charge in [0.2, 0.25) is 0 Å². The average Bonchev–Trinajstić information content (AvgIpc) is 2.36. The van der Waals surface area contributed by atoms with E-state index in [4.69, 9.17) is 0 Å². The number of benzene rings is 1. The Morgan fingerprint density at radius 1 is 1.06 bits per heavy atom. The fraction of sp³-hybridized carbons (Fsp3) is 0.556. The molecule has 0 aliphatic heterocycles. The lowest BCUT2D eigenvalue weighted by Gasteiger charge is -2.15. The van der Waals surface area contributed by atoms with Crippen molar-refractivity contribution in [2.45, 2.75) is 60.3 Å². The van der Waals surface area contributed by atoms with Gasteiger partial charge in [0.25, 0.3) is 0 Å². The van der Waals surface area contributed by atoms with Crippen LogP contribution in [0.2, 0.25) is 0 Å². The summed E-state index contributed by atoms with van der Waals surface area (Å²) in [6, 6.07) is 4.58. The van der Waals surface area contributed by atoms with E-state index in [1.54, 1.807) is 0 Å². The highest BCUT2D eigenvalue weighted by molar-refractivity contribution is 5.65. The van der Waals surface area contributed by atoms with Gasteiger partial charge in [0, 0.05) is 0 Å². The molecule has 0 aliphatic carbocycles. The minimum absolute atomic E-state index is 0.856. The van der Waals surface area contributed by atoms with Gasteiger partial charge in [0.1, 0.15) is 0 Å². The number of aryl methyl sites for hydroxylation is 2. The molecule has 0 saturated carbocycles. The smallest absolute Gasteiger partial charge is 0.0225 e. The Labute approximate surface area is 113 Å². The number of rotatable bonds is 6. The molecule has 1 aromatic carbocycles. The lowest BCUT2D eigenvalue weighted by molar-refractivity contribution is 0.463. The Hall–Kier alpha value is -1.04. The van der Waals surface area contributed by atoms with Crippen LogP contribution in [0, 0.1) is 26.7 Å². The van der Waals surface area contributed by atoms with Crippen molar-refractivity contribution in [3.8, 4) is 0 Å². The van der Waals surface area contributed by atoms with E-state index in [9.17, 15) is 0 Å². The van der Waals surface area contributed by atoms with Gasteiger partial charge in [-0.1, -0.05) is 45.4 Å². The van der Waals surface area contributed by atoms with Crippen LogP contribution in [-0.2, 0) is 0 Å². The van der Waals surface area contributed by atoms with E-state index in [-0.39, 0.29) is 0 Å². The summed E-state index contributed by atoms with van der Waals surface area (Å²) < 4.78 is 0. The third-order valence-electron chi connectivity index (χ3n) is 4.34. The summed E-state index contributed by atoms with van der Waals surface area (Å²) in [6.45, 7) is 15.4. The second-order valence-electron chi connectivity index (χ2n) is 5.56. The minimum atomic E-state index is 0.856. The second kappa shape index (κ2) is 6.78. The molecule has 0 amide bonds. The molecule has 0 aliphatic rings. The Morgan fingerprint density at radius 3 is 2.00 bits per heavy atom. The molecule has 18 heavy (non-hydrogen) atoms. The van der Waals surface area contributed by atoms with E-state index in [1.807, 2.05) is 0 Å². The molecule has 0 saturated heterocycles. The van der Waals surface area contributed by atoms with Gasteiger partial charge in [-0.3, -0.25) is 0 Å². The third-order valence-corrected chi connectivity index (χ3v) is 4.34. The van der Waals surface area contributed by atoms with Crippen LogP contribution in [0.3, 0.4) is 0 Å². The Kier molecular flexibility index (Phi) is 5.65. The Balaban J connectivity index is 2.73. The van der Waals surface area contributed by atoms with Crippen LogP contribution in [0.15, 0.2) is 18.7 Å². The van der Waals surface area contributed by atoms with Crippen molar-refractivity contribution in [1.82, 2.24) is 0 Å². The van der Waals surface area contributed by atoms with Crippen molar-refractivity contribution in [1.29, 1.82) is 0 Å². The molecular weight excluding hydrogens is 216 g/mol.